The van der Waals surface area contributed by atoms with Crippen LogP contribution in [0.5, 0.6) is 0 Å². The molecule has 0 atom stereocenters. The maximum atomic E-state index is 13.7. The van der Waals surface area contributed by atoms with Crippen LogP contribution in [-0.4, -0.2) is 30.0 Å². The van der Waals surface area contributed by atoms with Gasteiger partial charge in [0.25, 0.3) is 0 Å². The molecule has 3 aromatic heterocycles. The van der Waals surface area contributed by atoms with Gasteiger partial charge in [-0.2, -0.15) is 5.10 Å². The van der Waals surface area contributed by atoms with Crippen molar-refractivity contribution in [2.75, 3.05) is 0 Å². The average Bonchev–Trinajstić information content (AvgIpc) is 3.34. The van der Waals surface area contributed by atoms with Crippen LogP contribution >= 0.6 is 0 Å². The van der Waals surface area contributed by atoms with Gasteiger partial charge in [0, 0.05) is 39.5 Å². The van der Waals surface area contributed by atoms with E-state index in [-0.39, 0.29) is 11.7 Å². The normalized spacial score (nSPS) is 12.0. The summed E-state index contributed by atoms with van der Waals surface area (Å²) in [6.07, 6.45) is 1.75. The number of halogens is 1. The van der Waals surface area contributed by atoms with Gasteiger partial charge in [-0.3, -0.25) is 10.1 Å². The first-order valence-electron chi connectivity index (χ1n) is 10.0. The largest absolute Gasteiger partial charge is 0.364 e. The summed E-state index contributed by atoms with van der Waals surface area (Å²) in [5.74, 6) is -0.191. The van der Waals surface area contributed by atoms with E-state index >= 15 is 0 Å². The number of aliphatic hydroxyl groups is 2. The lowest BCUT2D eigenvalue weighted by Gasteiger charge is -2.16. The molecule has 7 heteroatoms. The van der Waals surface area contributed by atoms with Crippen LogP contribution in [0.15, 0.2) is 60.9 Å². The van der Waals surface area contributed by atoms with Crippen LogP contribution in [0.25, 0.3) is 38.8 Å². The minimum atomic E-state index is -1.59. The van der Waals surface area contributed by atoms with Crippen LogP contribution in [0.1, 0.15) is 37.3 Å². The van der Waals surface area contributed by atoms with E-state index < -0.39 is 6.29 Å². The highest BCUT2D eigenvalue weighted by atomic mass is 19.1. The lowest BCUT2D eigenvalue weighted by Crippen LogP contribution is -2.04. The minimum absolute atomic E-state index is 0.105. The third-order valence-electron chi connectivity index (χ3n) is 5.53. The fraction of sp³-hybridized carbons (Fsp3) is 0.167. The molecule has 156 valence electrons. The third kappa shape index (κ3) is 3.19. The topological polar surface area (TPSA) is 87.0 Å². The Morgan fingerprint density at radius 1 is 1.03 bits per heavy atom. The van der Waals surface area contributed by atoms with Crippen LogP contribution in [0.2, 0.25) is 0 Å². The quantitative estimate of drug-likeness (QED) is 0.367. The molecule has 5 rings (SSSR count). The molecule has 0 aliphatic rings. The van der Waals surface area contributed by atoms with Crippen molar-refractivity contribution in [1.29, 1.82) is 0 Å². The first kappa shape index (κ1) is 19.4. The highest BCUT2D eigenvalue weighted by Crippen LogP contribution is 2.41. The molecule has 0 fully saturated rings. The van der Waals surface area contributed by atoms with Gasteiger partial charge in [0.15, 0.2) is 6.29 Å². The standard InChI is InChI=1S/C24H21FN4O2/c1-13(2)23-22(20-9-14(24(30)31)7-8-26-20)18-11-19-15(12-27-28-19)10-21(18)29(23)17-5-3-16(25)4-6-17/h3-13,24,30-31H,1-2H3,(H,27,28). The monoisotopic (exact) mass is 416 g/mol. The number of benzene rings is 2. The Morgan fingerprint density at radius 2 is 1.81 bits per heavy atom. The van der Waals surface area contributed by atoms with Gasteiger partial charge in [-0.1, -0.05) is 13.8 Å². The summed E-state index contributed by atoms with van der Waals surface area (Å²) < 4.78 is 15.8. The average molecular weight is 416 g/mol. The number of nitrogens with zero attached hydrogens (tertiary/aromatic N) is 3. The Labute approximate surface area is 177 Å². The zero-order chi connectivity index (χ0) is 21.7. The third-order valence-corrected chi connectivity index (χ3v) is 5.53. The van der Waals surface area contributed by atoms with Gasteiger partial charge in [-0.05, 0) is 54.4 Å². The van der Waals surface area contributed by atoms with Crippen LogP contribution in [-0.2, 0) is 0 Å². The molecular weight excluding hydrogens is 395 g/mol. The zero-order valence-electron chi connectivity index (χ0n) is 17.0. The van der Waals surface area contributed by atoms with Crippen molar-refractivity contribution in [3.8, 4) is 16.9 Å². The molecule has 0 aliphatic heterocycles. The summed E-state index contributed by atoms with van der Waals surface area (Å²) in [6.45, 7) is 4.19. The molecule has 0 saturated carbocycles. The molecule has 0 aliphatic carbocycles. The second kappa shape index (κ2) is 7.30. The summed E-state index contributed by atoms with van der Waals surface area (Å²) >= 11 is 0. The van der Waals surface area contributed by atoms with Crippen LogP contribution in [0.4, 0.5) is 4.39 Å². The van der Waals surface area contributed by atoms with E-state index in [9.17, 15) is 14.6 Å². The minimum Gasteiger partial charge on any atom is -0.364 e. The van der Waals surface area contributed by atoms with E-state index in [1.54, 1.807) is 36.7 Å². The summed E-state index contributed by atoms with van der Waals surface area (Å²) in [4.78, 5) is 4.55. The van der Waals surface area contributed by atoms with E-state index in [1.807, 2.05) is 6.07 Å². The Balaban J connectivity index is 1.93. The lowest BCUT2D eigenvalue weighted by atomic mass is 9.99. The number of fused-ring (bicyclic) bond motifs is 2. The van der Waals surface area contributed by atoms with E-state index in [2.05, 4.69) is 39.7 Å². The Bertz CT molecular complexity index is 1400. The van der Waals surface area contributed by atoms with E-state index in [0.29, 0.717) is 11.3 Å². The highest BCUT2D eigenvalue weighted by Gasteiger charge is 2.24. The number of H-pyrrole nitrogens is 1. The molecule has 5 aromatic rings. The molecule has 0 spiro atoms. The molecule has 0 unspecified atom stereocenters. The first-order valence-corrected chi connectivity index (χ1v) is 10.0. The summed E-state index contributed by atoms with van der Waals surface area (Å²) in [5, 5.41) is 28.4. The van der Waals surface area contributed by atoms with Gasteiger partial charge in [-0.25, -0.2) is 4.39 Å². The molecule has 2 aromatic carbocycles. The van der Waals surface area contributed by atoms with Crippen LogP contribution < -0.4 is 0 Å². The number of nitrogens with one attached hydrogen (secondary N) is 1. The SMILES string of the molecule is CC(C)c1c(-c2cc(C(O)O)ccn2)c2cc3[nH]ncc3cc2n1-c1ccc(F)cc1. The lowest BCUT2D eigenvalue weighted by molar-refractivity contribution is -0.0425. The molecule has 3 heterocycles. The van der Waals surface area contributed by atoms with Gasteiger partial charge in [0.1, 0.15) is 5.82 Å². The molecule has 3 N–H and O–H groups in total. The van der Waals surface area contributed by atoms with Gasteiger partial charge >= 0.3 is 0 Å². The smallest absolute Gasteiger partial charge is 0.178 e. The fourth-order valence-corrected chi connectivity index (χ4v) is 4.17. The van der Waals surface area contributed by atoms with Crippen molar-refractivity contribution in [3.05, 3.63) is 78.0 Å². The maximum Gasteiger partial charge on any atom is 0.178 e. The van der Waals surface area contributed by atoms with E-state index in [1.165, 1.54) is 12.1 Å². The predicted octanol–water partition coefficient (Wildman–Crippen LogP) is 4.81. The second-order valence-electron chi connectivity index (χ2n) is 7.90. The van der Waals surface area contributed by atoms with Crippen molar-refractivity contribution in [3.63, 3.8) is 0 Å². The van der Waals surface area contributed by atoms with Crippen molar-refractivity contribution in [2.45, 2.75) is 26.1 Å². The van der Waals surface area contributed by atoms with Gasteiger partial charge in [-0.15, -0.1) is 0 Å². The number of aliphatic hydroxyl groups excluding tert-OH is 1. The van der Waals surface area contributed by atoms with Crippen molar-refractivity contribution < 1.29 is 14.6 Å². The summed E-state index contributed by atoms with van der Waals surface area (Å²) in [5.41, 5.74) is 5.56. The predicted molar refractivity (Wildman–Crippen MR) is 117 cm³/mol. The zero-order valence-corrected chi connectivity index (χ0v) is 17.0. The highest BCUT2D eigenvalue weighted by molar-refractivity contribution is 6.05. The second-order valence-corrected chi connectivity index (χ2v) is 7.90. The van der Waals surface area contributed by atoms with Gasteiger partial charge in [0.2, 0.25) is 0 Å². The number of pyridine rings is 1. The van der Waals surface area contributed by atoms with Crippen LogP contribution in [0, 0.1) is 5.82 Å². The Hall–Kier alpha value is -3.55. The molecule has 0 bridgehead atoms. The Morgan fingerprint density at radius 3 is 2.52 bits per heavy atom. The first-order chi connectivity index (χ1) is 14.9. The van der Waals surface area contributed by atoms with Crippen molar-refractivity contribution in [1.82, 2.24) is 19.7 Å². The maximum absolute atomic E-state index is 13.7. The summed E-state index contributed by atoms with van der Waals surface area (Å²) in [6, 6.07) is 13.8. The van der Waals surface area contributed by atoms with Gasteiger partial charge < -0.3 is 14.8 Å². The number of hydrogen-bond donors (Lipinski definition) is 3. The van der Waals surface area contributed by atoms with Crippen molar-refractivity contribution >= 4 is 21.8 Å². The fourth-order valence-electron chi connectivity index (χ4n) is 4.17. The molecular formula is C24H21FN4O2. The summed E-state index contributed by atoms with van der Waals surface area (Å²) in [7, 11) is 0. The van der Waals surface area contributed by atoms with Crippen molar-refractivity contribution in [2.24, 2.45) is 0 Å². The molecule has 6 nitrogen and oxygen atoms in total. The number of hydrogen-bond acceptors (Lipinski definition) is 4. The Kier molecular flexibility index (Phi) is 4.57. The molecule has 0 amide bonds. The molecule has 31 heavy (non-hydrogen) atoms. The number of aromatic amines is 1. The van der Waals surface area contributed by atoms with E-state index in [0.717, 1.165) is 38.8 Å². The van der Waals surface area contributed by atoms with Gasteiger partial charge in [0.05, 0.1) is 22.9 Å². The van der Waals surface area contributed by atoms with E-state index in [4.69, 9.17) is 0 Å². The number of rotatable bonds is 4. The number of aromatic nitrogens is 4. The van der Waals surface area contributed by atoms with Crippen LogP contribution in [0.3, 0.4) is 0 Å². The molecule has 0 radical (unpaired) electrons. The molecule has 0 saturated heterocycles.